The normalized spacial score (nSPS) is 10.8. The maximum Gasteiger partial charge on any atom is 0.120 e. The van der Waals surface area contributed by atoms with Gasteiger partial charge in [-0.15, -0.1) is 37.9 Å². The van der Waals surface area contributed by atoms with Crippen LogP contribution in [-0.2, 0) is 13.2 Å². The van der Waals surface area contributed by atoms with Crippen LogP contribution in [0.2, 0.25) is 0 Å². The van der Waals surface area contributed by atoms with Crippen molar-refractivity contribution in [2.75, 3.05) is 0 Å². The Bertz CT molecular complexity index is 1030. The van der Waals surface area contributed by atoms with Gasteiger partial charge < -0.3 is 9.84 Å². The van der Waals surface area contributed by atoms with E-state index in [1.807, 2.05) is 36.4 Å². The average molecular weight is 487 g/mol. The van der Waals surface area contributed by atoms with Gasteiger partial charge in [0.05, 0.1) is 6.61 Å². The number of hydrogen-bond donors (Lipinski definition) is 4. The molecule has 0 atom stereocenters. The lowest BCUT2D eigenvalue weighted by Crippen LogP contribution is -1.98. The Hall–Kier alpha value is -1.53. The van der Waals surface area contributed by atoms with Crippen molar-refractivity contribution in [3.8, 4) is 16.9 Å². The fourth-order valence-electron chi connectivity index (χ4n) is 2.96. The first kappa shape index (κ1) is 26.7. The number of aliphatic hydroxyl groups excluding tert-OH is 1. The Labute approximate surface area is 209 Å². The van der Waals surface area contributed by atoms with Crippen molar-refractivity contribution in [3.05, 3.63) is 71.3 Å². The molecule has 2 nitrogen and oxygen atoms in total. The summed E-state index contributed by atoms with van der Waals surface area (Å²) in [5.41, 5.74) is 5.15. The first-order chi connectivity index (χ1) is 15.1. The summed E-state index contributed by atoms with van der Waals surface area (Å²) in [6, 6.07) is 17.9. The van der Waals surface area contributed by atoms with Crippen molar-refractivity contribution in [3.63, 3.8) is 0 Å². The summed E-state index contributed by atoms with van der Waals surface area (Å²) in [6.45, 7) is 11.3. The lowest BCUT2D eigenvalue weighted by atomic mass is 9.98. The van der Waals surface area contributed by atoms with Gasteiger partial charge in [0.25, 0.3) is 0 Å². The highest BCUT2D eigenvalue weighted by Gasteiger charge is 2.10. The molecule has 0 aliphatic rings. The third-order valence-corrected chi connectivity index (χ3v) is 5.83. The summed E-state index contributed by atoms with van der Waals surface area (Å²) in [5, 5.41) is 9.19. The van der Waals surface area contributed by atoms with Gasteiger partial charge in [-0.05, 0) is 64.4 Å². The van der Waals surface area contributed by atoms with Gasteiger partial charge in [-0.1, -0.05) is 58.9 Å². The molecule has 3 aromatic carbocycles. The summed E-state index contributed by atoms with van der Waals surface area (Å²) in [7, 11) is 0. The molecule has 0 aliphatic carbocycles. The molecule has 0 fully saturated rings. The molecule has 0 aromatic heterocycles. The molecule has 1 N–H and O–H groups in total. The molecular formula is C27H34O2S3. The minimum absolute atomic E-state index is 0.00442. The van der Waals surface area contributed by atoms with Crippen LogP contribution < -0.4 is 4.74 Å². The van der Waals surface area contributed by atoms with Crippen LogP contribution in [0.3, 0.4) is 0 Å². The number of rotatable bonds is 6. The zero-order valence-electron chi connectivity index (χ0n) is 19.5. The topological polar surface area (TPSA) is 29.5 Å². The Balaban J connectivity index is 0.000000837. The zero-order valence-corrected chi connectivity index (χ0v) is 22.1. The van der Waals surface area contributed by atoms with Crippen LogP contribution in [0.1, 0.15) is 57.2 Å². The number of aliphatic hydroxyl groups is 1. The monoisotopic (exact) mass is 486 g/mol. The quantitative estimate of drug-likeness (QED) is 0.265. The second-order valence-electron chi connectivity index (χ2n) is 8.75. The van der Waals surface area contributed by atoms with Gasteiger partial charge in [-0.25, -0.2) is 0 Å². The van der Waals surface area contributed by atoms with Crippen molar-refractivity contribution in [1.29, 1.82) is 0 Å². The second kappa shape index (κ2) is 12.6. The minimum Gasteiger partial charge on any atom is -0.489 e. The maximum absolute atomic E-state index is 9.19. The molecule has 0 saturated heterocycles. The minimum atomic E-state index is 0.00442. The van der Waals surface area contributed by atoms with Crippen molar-refractivity contribution < 1.29 is 9.84 Å². The van der Waals surface area contributed by atoms with Gasteiger partial charge in [0.2, 0.25) is 0 Å². The Kier molecular flexibility index (Phi) is 10.6. The smallest absolute Gasteiger partial charge is 0.120 e. The lowest BCUT2D eigenvalue weighted by Gasteiger charge is -2.14. The Morgan fingerprint density at radius 3 is 1.84 bits per heavy atom. The Morgan fingerprint density at radius 2 is 1.34 bits per heavy atom. The SMILES string of the molecule is CC(C)C.CC(C)c1ccc(-c2ccc(OCc3ccc(CO)cc3S)cc2S)c(S)c1. The van der Waals surface area contributed by atoms with Gasteiger partial charge in [-0.3, -0.25) is 0 Å². The predicted molar refractivity (Wildman–Crippen MR) is 145 cm³/mol. The molecule has 0 radical (unpaired) electrons. The largest absolute Gasteiger partial charge is 0.489 e. The summed E-state index contributed by atoms with van der Waals surface area (Å²) in [5.74, 6) is 2.04. The van der Waals surface area contributed by atoms with E-state index >= 15 is 0 Å². The standard InChI is InChI=1S/C23H24O2S3.C4H10/c1-14(2)16-5-7-19(22(27)10-16)20-8-6-18(11-23(20)28)25-13-17-4-3-15(12-24)9-21(17)26;1-4(2)3/h3-11,14,24,26-28H,12-13H2,1-2H3;4H,1-3H3. The van der Waals surface area contributed by atoms with Crippen molar-refractivity contribution in [2.45, 2.75) is 68.4 Å². The van der Waals surface area contributed by atoms with E-state index in [9.17, 15) is 5.11 Å². The molecule has 0 aliphatic heterocycles. The van der Waals surface area contributed by atoms with Gasteiger partial charge in [0, 0.05) is 20.2 Å². The van der Waals surface area contributed by atoms with E-state index < -0.39 is 0 Å². The molecule has 0 saturated carbocycles. The van der Waals surface area contributed by atoms with Gasteiger partial charge in [0.1, 0.15) is 12.4 Å². The average Bonchev–Trinajstić information content (AvgIpc) is 2.72. The molecule has 32 heavy (non-hydrogen) atoms. The maximum atomic E-state index is 9.19. The van der Waals surface area contributed by atoms with Crippen LogP contribution in [0.15, 0.2) is 69.3 Å². The summed E-state index contributed by atoms with van der Waals surface area (Å²) < 4.78 is 5.92. The van der Waals surface area contributed by atoms with E-state index in [-0.39, 0.29) is 6.61 Å². The fourth-order valence-corrected chi connectivity index (χ4v) is 3.93. The molecule has 172 valence electrons. The third kappa shape index (κ3) is 7.80. The van der Waals surface area contributed by atoms with E-state index in [1.54, 1.807) is 0 Å². The van der Waals surface area contributed by atoms with Crippen LogP contribution in [0, 0.1) is 5.92 Å². The van der Waals surface area contributed by atoms with Crippen LogP contribution in [0.5, 0.6) is 5.75 Å². The highest BCUT2D eigenvalue weighted by Crippen LogP contribution is 2.35. The van der Waals surface area contributed by atoms with E-state index in [1.165, 1.54) is 5.56 Å². The van der Waals surface area contributed by atoms with Crippen molar-refractivity contribution >= 4 is 37.9 Å². The van der Waals surface area contributed by atoms with Gasteiger partial charge in [-0.2, -0.15) is 0 Å². The lowest BCUT2D eigenvalue weighted by molar-refractivity contribution is 0.280. The number of ether oxygens (including phenoxy) is 1. The van der Waals surface area contributed by atoms with E-state index in [0.29, 0.717) is 12.5 Å². The zero-order chi connectivity index (χ0) is 23.8. The van der Waals surface area contributed by atoms with Gasteiger partial charge in [0.15, 0.2) is 0 Å². The highest BCUT2D eigenvalue weighted by atomic mass is 32.1. The van der Waals surface area contributed by atoms with E-state index in [2.05, 4.69) is 90.7 Å². The molecule has 3 aromatic rings. The molecule has 0 amide bonds. The van der Waals surface area contributed by atoms with Crippen LogP contribution in [0.4, 0.5) is 0 Å². The molecule has 0 spiro atoms. The number of hydrogen-bond acceptors (Lipinski definition) is 5. The van der Waals surface area contributed by atoms with Crippen LogP contribution >= 0.6 is 37.9 Å². The Morgan fingerprint density at radius 1 is 0.750 bits per heavy atom. The molecule has 3 rings (SSSR count). The number of thiol groups is 3. The molecule has 0 unspecified atom stereocenters. The fraction of sp³-hybridized carbons (Fsp3) is 0.333. The van der Waals surface area contributed by atoms with Crippen molar-refractivity contribution in [2.24, 2.45) is 5.92 Å². The third-order valence-electron chi connectivity index (χ3n) is 4.67. The van der Waals surface area contributed by atoms with Crippen LogP contribution in [0.25, 0.3) is 11.1 Å². The second-order valence-corrected chi connectivity index (χ2v) is 10.2. The van der Waals surface area contributed by atoms with Gasteiger partial charge >= 0.3 is 0 Å². The molecule has 0 bridgehead atoms. The highest BCUT2D eigenvalue weighted by molar-refractivity contribution is 7.81. The first-order valence-corrected chi connectivity index (χ1v) is 12.2. The van der Waals surface area contributed by atoms with E-state index in [4.69, 9.17) is 4.74 Å². The molecular weight excluding hydrogens is 452 g/mol. The summed E-state index contributed by atoms with van der Waals surface area (Å²) >= 11 is 13.8. The molecule has 5 heteroatoms. The summed E-state index contributed by atoms with van der Waals surface area (Å²) in [6.07, 6.45) is 0. The molecule has 0 heterocycles. The van der Waals surface area contributed by atoms with E-state index in [0.717, 1.165) is 48.6 Å². The van der Waals surface area contributed by atoms with Crippen molar-refractivity contribution in [1.82, 2.24) is 0 Å². The number of benzene rings is 3. The first-order valence-electron chi connectivity index (χ1n) is 10.8. The summed E-state index contributed by atoms with van der Waals surface area (Å²) in [4.78, 5) is 2.59. The predicted octanol–water partition coefficient (Wildman–Crippen LogP) is 8.08. The van der Waals surface area contributed by atoms with Crippen LogP contribution in [-0.4, -0.2) is 5.11 Å².